The molecule has 5 heteroatoms. The number of carbonyl (C=O) groups excluding carboxylic acids is 1. The third-order valence-electron chi connectivity index (χ3n) is 4.83. The minimum atomic E-state index is -0.360. The summed E-state index contributed by atoms with van der Waals surface area (Å²) in [4.78, 5) is 12.1. The van der Waals surface area contributed by atoms with Gasteiger partial charge in [-0.2, -0.15) is 0 Å². The van der Waals surface area contributed by atoms with Gasteiger partial charge in [-0.3, -0.25) is 9.80 Å². The molecule has 4 nitrogen and oxygen atoms in total. The number of aryl methyl sites for hydroxylation is 1. The summed E-state index contributed by atoms with van der Waals surface area (Å²) < 4.78 is 14.2. The highest BCUT2D eigenvalue weighted by Gasteiger charge is 2.34. The second kappa shape index (κ2) is 6.01. The average Bonchev–Trinajstić information content (AvgIpc) is 3.45. The maximum absolute atomic E-state index is 14.2. The van der Waals surface area contributed by atoms with Gasteiger partial charge in [-0.05, 0) is 59.5 Å². The zero-order valence-electron chi connectivity index (χ0n) is 14.0. The Morgan fingerprint density at radius 3 is 2.76 bits per heavy atom. The van der Waals surface area contributed by atoms with Gasteiger partial charge in [0.1, 0.15) is 12.0 Å². The van der Waals surface area contributed by atoms with Crippen LogP contribution >= 0.6 is 0 Å². The van der Waals surface area contributed by atoms with Crippen LogP contribution in [0.2, 0.25) is 0 Å². The first kappa shape index (κ1) is 15.8. The molecule has 0 radical (unpaired) electrons. The van der Waals surface area contributed by atoms with Crippen LogP contribution in [-0.4, -0.2) is 17.1 Å². The first-order chi connectivity index (χ1) is 12.0. The van der Waals surface area contributed by atoms with E-state index in [9.17, 15) is 9.18 Å². The van der Waals surface area contributed by atoms with Crippen molar-refractivity contribution in [1.82, 2.24) is 10.3 Å². The first-order valence-electron chi connectivity index (χ1n) is 8.46. The molecule has 0 bridgehead atoms. The van der Waals surface area contributed by atoms with Gasteiger partial charge in [-0.15, -0.1) is 0 Å². The highest BCUT2D eigenvalue weighted by molar-refractivity contribution is 5.81. The molecule has 1 heterocycles. The highest BCUT2D eigenvalue weighted by Crippen LogP contribution is 2.30. The molecule has 0 aromatic heterocycles. The third kappa shape index (κ3) is 2.91. The summed E-state index contributed by atoms with van der Waals surface area (Å²) in [5.74, 6) is 5.80. The normalized spacial score (nSPS) is 18.4. The molecule has 1 amide bonds. The molecule has 1 aliphatic heterocycles. The van der Waals surface area contributed by atoms with Crippen molar-refractivity contribution >= 4 is 18.2 Å². The summed E-state index contributed by atoms with van der Waals surface area (Å²) in [6, 6.07) is 10.9. The molecule has 3 N–H and O–H groups in total. The maximum atomic E-state index is 14.2. The summed E-state index contributed by atoms with van der Waals surface area (Å²) in [6.07, 6.45) is 5.24. The summed E-state index contributed by atoms with van der Waals surface area (Å²) in [6.45, 7) is 1.90. The molecule has 1 fully saturated rings. The smallest absolute Gasteiger partial charge is 0.241 e. The molecular formula is C20H20FN3O. The quantitative estimate of drug-likeness (QED) is 0.505. The largest absolute Gasteiger partial charge is 0.366 e. The predicted octanol–water partition coefficient (Wildman–Crippen LogP) is 1.36. The van der Waals surface area contributed by atoms with Crippen molar-refractivity contribution in [3.8, 4) is 11.1 Å². The number of carbonyl (C=O) groups is 1. The number of benzene rings is 2. The third-order valence-corrected chi connectivity index (χ3v) is 4.83. The minimum absolute atomic E-state index is 0.0239. The number of halogens is 1. The Kier molecular flexibility index (Phi) is 3.81. The highest BCUT2D eigenvalue weighted by atomic mass is 19.1. The zero-order chi connectivity index (χ0) is 17.6. The number of nitrogens with zero attached hydrogens (tertiary/aromatic N) is 1. The Hall–Kier alpha value is -2.66. The molecule has 2 aliphatic rings. The van der Waals surface area contributed by atoms with Gasteiger partial charge in [0.25, 0.3) is 0 Å². The van der Waals surface area contributed by atoms with Gasteiger partial charge in [0, 0.05) is 17.7 Å². The van der Waals surface area contributed by atoms with Crippen molar-refractivity contribution in [2.24, 2.45) is 11.8 Å². The summed E-state index contributed by atoms with van der Waals surface area (Å²) >= 11 is 0. The van der Waals surface area contributed by atoms with Gasteiger partial charge in [-0.1, -0.05) is 24.3 Å². The van der Waals surface area contributed by atoms with E-state index in [0.717, 1.165) is 34.4 Å². The van der Waals surface area contributed by atoms with Gasteiger partial charge in [-0.25, -0.2) is 10.2 Å². The Bertz CT molecular complexity index is 945. The number of hydrogen-bond acceptors (Lipinski definition) is 3. The number of hydrazine groups is 1. The number of hydrogen-bond donors (Lipinski definition) is 2. The lowest BCUT2D eigenvalue weighted by Gasteiger charge is -2.27. The summed E-state index contributed by atoms with van der Waals surface area (Å²) in [7, 11) is 0. The van der Waals surface area contributed by atoms with Crippen LogP contribution in [0.25, 0.3) is 23.4 Å². The first-order valence-corrected chi connectivity index (χ1v) is 8.46. The van der Waals surface area contributed by atoms with Crippen molar-refractivity contribution in [3.63, 3.8) is 0 Å². The van der Waals surface area contributed by atoms with Crippen LogP contribution in [0, 0.1) is 18.7 Å². The Balaban J connectivity index is 1.69. The van der Waals surface area contributed by atoms with Crippen molar-refractivity contribution in [2.75, 3.05) is 0 Å². The van der Waals surface area contributed by atoms with E-state index in [-0.39, 0.29) is 23.8 Å². The van der Waals surface area contributed by atoms with Gasteiger partial charge in [0.2, 0.25) is 5.91 Å². The molecular weight excluding hydrogens is 317 g/mol. The molecule has 0 spiro atoms. The second-order valence-corrected chi connectivity index (χ2v) is 6.72. The Labute approximate surface area is 145 Å². The van der Waals surface area contributed by atoms with E-state index < -0.39 is 0 Å². The number of nitrogens with two attached hydrogens (primary N) is 1. The van der Waals surface area contributed by atoms with E-state index in [1.165, 1.54) is 11.1 Å². The standard InChI is InChI=1S/C20H20FN3O/c1-12-3-2-4-17(21)19(12)15-8-7-14-10-18(23-11-16(14)9-15)24(22)20(25)13-5-6-13/h2-4,7-11,13,18,23H,5-6,22H2,1H3. The molecule has 128 valence electrons. The molecule has 0 saturated heterocycles. The average molecular weight is 337 g/mol. The fourth-order valence-electron chi connectivity index (χ4n) is 3.24. The van der Waals surface area contributed by atoms with Crippen molar-refractivity contribution < 1.29 is 9.18 Å². The van der Waals surface area contributed by atoms with Crippen molar-refractivity contribution in [1.29, 1.82) is 0 Å². The fraction of sp³-hybridized carbons (Fsp3) is 0.250. The lowest BCUT2D eigenvalue weighted by molar-refractivity contribution is -0.134. The summed E-state index contributed by atoms with van der Waals surface area (Å²) in [5, 5.41) is 6.34. The maximum Gasteiger partial charge on any atom is 0.241 e. The monoisotopic (exact) mass is 337 g/mol. The van der Waals surface area contributed by atoms with Gasteiger partial charge in [0.15, 0.2) is 0 Å². The Morgan fingerprint density at radius 2 is 2.04 bits per heavy atom. The number of fused-ring (bicyclic) bond motifs is 1. The minimum Gasteiger partial charge on any atom is -0.366 e. The molecule has 1 saturated carbocycles. The van der Waals surface area contributed by atoms with Crippen molar-refractivity contribution in [3.05, 3.63) is 58.2 Å². The molecule has 1 aliphatic carbocycles. The van der Waals surface area contributed by atoms with Crippen LogP contribution in [-0.2, 0) is 4.79 Å². The van der Waals surface area contributed by atoms with E-state index >= 15 is 0 Å². The van der Waals surface area contributed by atoms with Crippen LogP contribution in [0.15, 0.2) is 36.4 Å². The topological polar surface area (TPSA) is 58.4 Å². The lowest BCUT2D eigenvalue weighted by Crippen LogP contribution is -2.54. The summed E-state index contributed by atoms with van der Waals surface area (Å²) in [5.41, 5.74) is 2.34. The molecule has 1 atom stereocenters. The lowest BCUT2D eigenvalue weighted by atomic mass is 9.98. The molecule has 25 heavy (non-hydrogen) atoms. The van der Waals surface area contributed by atoms with E-state index in [1.54, 1.807) is 6.07 Å². The number of nitrogens with one attached hydrogen (secondary N) is 1. The van der Waals surface area contributed by atoms with Crippen molar-refractivity contribution in [2.45, 2.75) is 25.9 Å². The molecule has 4 rings (SSSR count). The molecule has 2 aromatic carbocycles. The van der Waals surface area contributed by atoms with E-state index in [0.29, 0.717) is 5.56 Å². The predicted molar refractivity (Wildman–Crippen MR) is 95.4 cm³/mol. The van der Waals surface area contributed by atoms with Crippen LogP contribution in [0.1, 0.15) is 18.4 Å². The van der Waals surface area contributed by atoms with E-state index in [1.807, 2.05) is 43.5 Å². The van der Waals surface area contributed by atoms with Crippen LogP contribution in [0.3, 0.4) is 0 Å². The second-order valence-electron chi connectivity index (χ2n) is 6.72. The number of rotatable bonds is 3. The fourth-order valence-corrected chi connectivity index (χ4v) is 3.24. The van der Waals surface area contributed by atoms with Gasteiger partial charge in [0.05, 0.1) is 0 Å². The Morgan fingerprint density at radius 1 is 1.24 bits per heavy atom. The van der Waals surface area contributed by atoms with Crippen LogP contribution < -0.4 is 21.6 Å². The SMILES string of the molecule is Cc1cccc(F)c1-c1ccc2c(c1)=CNC(N(N)C(=O)C1CC1)C=2. The van der Waals surface area contributed by atoms with E-state index in [2.05, 4.69) is 5.32 Å². The molecule has 1 unspecified atom stereocenters. The van der Waals surface area contributed by atoms with Gasteiger partial charge < -0.3 is 5.32 Å². The van der Waals surface area contributed by atoms with Gasteiger partial charge >= 0.3 is 0 Å². The molecule has 2 aromatic rings. The zero-order valence-corrected chi connectivity index (χ0v) is 14.0. The van der Waals surface area contributed by atoms with Crippen LogP contribution in [0.5, 0.6) is 0 Å². The van der Waals surface area contributed by atoms with Crippen LogP contribution in [0.4, 0.5) is 4.39 Å². The van der Waals surface area contributed by atoms with E-state index in [4.69, 9.17) is 5.84 Å². The number of amides is 1.